The van der Waals surface area contributed by atoms with Crippen molar-refractivity contribution in [2.45, 2.75) is 38.8 Å². The zero-order chi connectivity index (χ0) is 18.6. The number of pyridine rings is 1. The molecule has 0 aliphatic carbocycles. The maximum Gasteiger partial charge on any atom is 0.218 e. The largest absolute Gasteiger partial charge is 0.478 e. The molecule has 7 nitrogen and oxygen atoms in total. The number of ether oxygens (including phenoxy) is 3. The van der Waals surface area contributed by atoms with Gasteiger partial charge in [0.05, 0.1) is 12.7 Å². The minimum atomic E-state index is 0. The van der Waals surface area contributed by atoms with E-state index in [1.165, 1.54) is 0 Å². The van der Waals surface area contributed by atoms with Crippen LogP contribution < -0.4 is 10.1 Å². The first-order chi connectivity index (χ1) is 12.8. The quantitative estimate of drug-likeness (QED) is 0.248. The van der Waals surface area contributed by atoms with Gasteiger partial charge in [-0.2, -0.15) is 0 Å². The summed E-state index contributed by atoms with van der Waals surface area (Å²) in [5, 5.41) is 3.43. The SMILES string of the molecule is CCOc1ncccc1CNC(=NC)N1CCC(OCCCOC)CC1.I. The fourth-order valence-corrected chi connectivity index (χ4v) is 3.02. The van der Waals surface area contributed by atoms with E-state index in [4.69, 9.17) is 14.2 Å². The lowest BCUT2D eigenvalue weighted by atomic mass is 10.1. The van der Waals surface area contributed by atoms with Crippen LogP contribution in [0.1, 0.15) is 31.7 Å². The molecule has 8 heteroatoms. The van der Waals surface area contributed by atoms with Crippen LogP contribution in [0, 0.1) is 0 Å². The van der Waals surface area contributed by atoms with E-state index in [-0.39, 0.29) is 24.0 Å². The van der Waals surface area contributed by atoms with Gasteiger partial charge in [0.15, 0.2) is 5.96 Å². The summed E-state index contributed by atoms with van der Waals surface area (Å²) in [4.78, 5) is 11.0. The molecular weight excluding hydrogens is 459 g/mol. The summed E-state index contributed by atoms with van der Waals surface area (Å²) >= 11 is 0. The van der Waals surface area contributed by atoms with Crippen molar-refractivity contribution in [2.75, 3.05) is 47.1 Å². The number of guanidine groups is 1. The van der Waals surface area contributed by atoms with Gasteiger partial charge >= 0.3 is 0 Å². The van der Waals surface area contributed by atoms with Crippen molar-refractivity contribution in [1.82, 2.24) is 15.2 Å². The van der Waals surface area contributed by atoms with Crippen LogP contribution in [0.4, 0.5) is 0 Å². The number of piperidine rings is 1. The molecule has 0 radical (unpaired) electrons. The Kier molecular flexibility index (Phi) is 12.4. The van der Waals surface area contributed by atoms with E-state index in [9.17, 15) is 0 Å². The molecule has 0 spiro atoms. The molecule has 0 aromatic carbocycles. The Morgan fingerprint density at radius 1 is 1.33 bits per heavy atom. The molecule has 1 aromatic rings. The smallest absolute Gasteiger partial charge is 0.218 e. The van der Waals surface area contributed by atoms with E-state index in [2.05, 4.69) is 20.2 Å². The highest BCUT2D eigenvalue weighted by molar-refractivity contribution is 14.0. The number of hydrogen-bond donors (Lipinski definition) is 1. The molecule has 1 N–H and O–H groups in total. The minimum absolute atomic E-state index is 0. The van der Waals surface area contributed by atoms with E-state index >= 15 is 0 Å². The van der Waals surface area contributed by atoms with Crippen molar-refractivity contribution in [2.24, 2.45) is 4.99 Å². The maximum atomic E-state index is 5.93. The number of rotatable bonds is 9. The highest BCUT2D eigenvalue weighted by atomic mass is 127. The van der Waals surface area contributed by atoms with Gasteiger partial charge in [0.2, 0.25) is 5.88 Å². The molecule has 2 heterocycles. The number of methoxy groups -OCH3 is 1. The zero-order valence-corrected chi connectivity index (χ0v) is 19.0. The lowest BCUT2D eigenvalue weighted by Crippen LogP contribution is -2.46. The van der Waals surface area contributed by atoms with Crippen LogP contribution in [0.15, 0.2) is 23.3 Å². The molecule has 154 valence electrons. The molecule has 0 amide bonds. The predicted octanol–water partition coefficient (Wildman–Crippen LogP) is 2.69. The second-order valence-corrected chi connectivity index (χ2v) is 6.21. The van der Waals surface area contributed by atoms with Gasteiger partial charge in [0, 0.05) is 58.8 Å². The lowest BCUT2D eigenvalue weighted by molar-refractivity contribution is 0.00989. The first-order valence-electron chi connectivity index (χ1n) is 9.41. The topological polar surface area (TPSA) is 68.2 Å². The summed E-state index contributed by atoms with van der Waals surface area (Å²) in [6, 6.07) is 3.95. The van der Waals surface area contributed by atoms with Crippen LogP contribution in [-0.4, -0.2) is 69.0 Å². The minimum Gasteiger partial charge on any atom is -0.478 e. The Labute approximate surface area is 179 Å². The Hall–Kier alpha value is -1.13. The summed E-state index contributed by atoms with van der Waals surface area (Å²) in [5.41, 5.74) is 1.03. The molecule has 1 aromatic heterocycles. The van der Waals surface area contributed by atoms with Crippen LogP contribution in [0.2, 0.25) is 0 Å². The van der Waals surface area contributed by atoms with Crippen molar-refractivity contribution in [3.63, 3.8) is 0 Å². The van der Waals surface area contributed by atoms with Gasteiger partial charge in [-0.3, -0.25) is 4.99 Å². The van der Waals surface area contributed by atoms with Crippen LogP contribution >= 0.6 is 24.0 Å². The second kappa shape index (κ2) is 14.0. The van der Waals surface area contributed by atoms with Crippen LogP contribution in [0.25, 0.3) is 0 Å². The number of nitrogens with zero attached hydrogens (tertiary/aromatic N) is 3. The van der Waals surface area contributed by atoms with E-state index in [1.54, 1.807) is 13.3 Å². The summed E-state index contributed by atoms with van der Waals surface area (Å²) in [5.74, 6) is 1.59. The third-order valence-electron chi connectivity index (χ3n) is 4.37. The van der Waals surface area contributed by atoms with Gasteiger partial charge in [-0.15, -0.1) is 24.0 Å². The van der Waals surface area contributed by atoms with Crippen molar-refractivity contribution >= 4 is 29.9 Å². The first-order valence-corrected chi connectivity index (χ1v) is 9.41. The molecule has 0 atom stereocenters. The normalized spacial score (nSPS) is 15.4. The monoisotopic (exact) mass is 492 g/mol. The van der Waals surface area contributed by atoms with E-state index in [0.29, 0.717) is 25.1 Å². The molecule has 0 saturated carbocycles. The molecule has 1 aliphatic rings. The maximum absolute atomic E-state index is 5.93. The Morgan fingerprint density at radius 2 is 2.11 bits per heavy atom. The zero-order valence-electron chi connectivity index (χ0n) is 16.6. The standard InChI is InChI=1S/C19H32N4O3.HI/c1-4-25-18-16(7-5-10-21-18)15-22-19(20-2)23-11-8-17(9-12-23)26-14-6-13-24-3;/h5,7,10,17H,4,6,8-9,11-15H2,1-3H3,(H,20,22);1H. The van der Waals surface area contributed by atoms with Crippen LogP contribution in [0.3, 0.4) is 0 Å². The number of aromatic nitrogens is 1. The summed E-state index contributed by atoms with van der Waals surface area (Å²) in [7, 11) is 3.54. The number of nitrogens with one attached hydrogen (secondary N) is 1. The molecule has 1 saturated heterocycles. The average Bonchev–Trinajstić information content (AvgIpc) is 2.68. The summed E-state index contributed by atoms with van der Waals surface area (Å²) in [6.07, 6.45) is 5.08. The van der Waals surface area contributed by atoms with Crippen molar-refractivity contribution < 1.29 is 14.2 Å². The Balaban J connectivity index is 0.00000364. The Morgan fingerprint density at radius 3 is 2.78 bits per heavy atom. The Bertz CT molecular complexity index is 552. The summed E-state index contributed by atoms with van der Waals surface area (Å²) < 4.78 is 16.6. The molecule has 27 heavy (non-hydrogen) atoms. The van der Waals surface area contributed by atoms with E-state index in [1.807, 2.05) is 26.1 Å². The fraction of sp³-hybridized carbons (Fsp3) is 0.684. The van der Waals surface area contributed by atoms with Crippen LogP contribution in [-0.2, 0) is 16.0 Å². The summed E-state index contributed by atoms with van der Waals surface area (Å²) in [6.45, 7) is 6.63. The number of aliphatic imine (C=N–C) groups is 1. The van der Waals surface area contributed by atoms with E-state index in [0.717, 1.165) is 57.1 Å². The van der Waals surface area contributed by atoms with Crippen molar-refractivity contribution in [1.29, 1.82) is 0 Å². The number of hydrogen-bond acceptors (Lipinski definition) is 5. The number of halogens is 1. The average molecular weight is 492 g/mol. The van der Waals surface area contributed by atoms with E-state index < -0.39 is 0 Å². The molecular formula is C19H33IN4O3. The van der Waals surface area contributed by atoms with Gasteiger partial charge in [-0.25, -0.2) is 4.98 Å². The van der Waals surface area contributed by atoms with Gasteiger partial charge in [0.25, 0.3) is 0 Å². The molecule has 0 bridgehead atoms. The highest BCUT2D eigenvalue weighted by Crippen LogP contribution is 2.16. The first kappa shape index (κ1) is 23.9. The molecule has 1 fully saturated rings. The number of likely N-dealkylation sites (tertiary alicyclic amines) is 1. The van der Waals surface area contributed by atoms with Gasteiger partial charge in [-0.1, -0.05) is 6.07 Å². The third kappa shape index (κ3) is 8.18. The van der Waals surface area contributed by atoms with Gasteiger partial charge < -0.3 is 24.4 Å². The van der Waals surface area contributed by atoms with Crippen molar-refractivity contribution in [3.05, 3.63) is 23.9 Å². The van der Waals surface area contributed by atoms with Crippen molar-refractivity contribution in [3.8, 4) is 5.88 Å². The fourth-order valence-electron chi connectivity index (χ4n) is 3.02. The predicted molar refractivity (Wildman–Crippen MR) is 118 cm³/mol. The third-order valence-corrected chi connectivity index (χ3v) is 4.37. The van der Waals surface area contributed by atoms with Gasteiger partial charge in [0.1, 0.15) is 0 Å². The van der Waals surface area contributed by atoms with Crippen LogP contribution in [0.5, 0.6) is 5.88 Å². The van der Waals surface area contributed by atoms with Gasteiger partial charge in [-0.05, 0) is 32.3 Å². The lowest BCUT2D eigenvalue weighted by Gasteiger charge is -2.34. The molecule has 2 rings (SSSR count). The molecule has 1 aliphatic heterocycles. The second-order valence-electron chi connectivity index (χ2n) is 6.21. The highest BCUT2D eigenvalue weighted by Gasteiger charge is 2.22. The molecule has 0 unspecified atom stereocenters.